The lowest BCUT2D eigenvalue weighted by atomic mass is 10.4. The smallest absolute Gasteiger partial charge is 0.0803 e. The summed E-state index contributed by atoms with van der Waals surface area (Å²) < 4.78 is 4.85. The molecule has 0 aromatic heterocycles. The molecular formula is C6H16N2O2. The average molecular weight is 148 g/mol. The van der Waals surface area contributed by atoms with Crippen molar-refractivity contribution in [2.24, 2.45) is 5.90 Å². The lowest BCUT2D eigenvalue weighted by Crippen LogP contribution is -2.22. The molecular weight excluding hydrogens is 132 g/mol. The molecule has 4 nitrogen and oxygen atoms in total. The second kappa shape index (κ2) is 8.84. The molecule has 0 aliphatic rings. The summed E-state index contributed by atoms with van der Waals surface area (Å²) in [5, 5.41) is 3.14. The molecule has 62 valence electrons. The van der Waals surface area contributed by atoms with Crippen molar-refractivity contribution in [2.45, 2.75) is 6.42 Å². The van der Waals surface area contributed by atoms with Crippen LogP contribution in [0.2, 0.25) is 0 Å². The van der Waals surface area contributed by atoms with Crippen LogP contribution in [0.25, 0.3) is 0 Å². The molecule has 10 heavy (non-hydrogen) atoms. The van der Waals surface area contributed by atoms with Gasteiger partial charge in [0.25, 0.3) is 0 Å². The summed E-state index contributed by atoms with van der Waals surface area (Å²) in [5.41, 5.74) is 0. The lowest BCUT2D eigenvalue weighted by molar-refractivity contribution is 0.138. The second-order valence-electron chi connectivity index (χ2n) is 1.97. The Hall–Kier alpha value is -0.160. The summed E-state index contributed by atoms with van der Waals surface area (Å²) in [6.45, 7) is 3.13. The number of rotatable bonds is 7. The van der Waals surface area contributed by atoms with Crippen LogP contribution in [-0.2, 0) is 9.57 Å². The van der Waals surface area contributed by atoms with Gasteiger partial charge in [-0.3, -0.25) is 0 Å². The van der Waals surface area contributed by atoms with Crippen LogP contribution in [-0.4, -0.2) is 33.4 Å². The third kappa shape index (κ3) is 7.84. The molecule has 0 aromatic carbocycles. The number of nitrogens with one attached hydrogen (secondary N) is 1. The first-order chi connectivity index (χ1) is 4.91. The van der Waals surface area contributed by atoms with Crippen LogP contribution >= 0.6 is 0 Å². The van der Waals surface area contributed by atoms with Crippen LogP contribution in [0.5, 0.6) is 0 Å². The molecule has 0 saturated heterocycles. The van der Waals surface area contributed by atoms with Crippen molar-refractivity contribution >= 4 is 0 Å². The molecule has 0 saturated carbocycles. The van der Waals surface area contributed by atoms with E-state index in [0.717, 1.165) is 26.1 Å². The summed E-state index contributed by atoms with van der Waals surface area (Å²) >= 11 is 0. The SMILES string of the molecule is COCCCNCCON. The third-order valence-electron chi connectivity index (χ3n) is 1.10. The molecule has 0 rings (SSSR count). The summed E-state index contributed by atoms with van der Waals surface area (Å²) in [4.78, 5) is 4.35. The van der Waals surface area contributed by atoms with E-state index in [1.165, 1.54) is 0 Å². The van der Waals surface area contributed by atoms with Crippen LogP contribution in [0.15, 0.2) is 0 Å². The van der Waals surface area contributed by atoms with Crippen LogP contribution in [0, 0.1) is 0 Å². The van der Waals surface area contributed by atoms with E-state index in [0.29, 0.717) is 6.61 Å². The van der Waals surface area contributed by atoms with Gasteiger partial charge in [0.2, 0.25) is 0 Å². The molecule has 0 bridgehead atoms. The van der Waals surface area contributed by atoms with Gasteiger partial charge in [-0.2, -0.15) is 0 Å². The van der Waals surface area contributed by atoms with Crippen LogP contribution in [0.4, 0.5) is 0 Å². The van der Waals surface area contributed by atoms with Gasteiger partial charge in [0.1, 0.15) is 0 Å². The highest BCUT2D eigenvalue weighted by Crippen LogP contribution is 1.75. The third-order valence-corrected chi connectivity index (χ3v) is 1.10. The Kier molecular flexibility index (Phi) is 8.70. The number of nitrogens with two attached hydrogens (primary N) is 1. The first kappa shape index (κ1) is 9.84. The highest BCUT2D eigenvalue weighted by molar-refractivity contribution is 4.44. The molecule has 0 fully saturated rings. The molecule has 0 aliphatic heterocycles. The maximum atomic E-state index is 4.85. The quantitative estimate of drug-likeness (QED) is 0.377. The fourth-order valence-electron chi connectivity index (χ4n) is 0.598. The fourth-order valence-corrected chi connectivity index (χ4v) is 0.598. The number of methoxy groups -OCH3 is 1. The van der Waals surface area contributed by atoms with Crippen molar-refractivity contribution in [1.82, 2.24) is 5.32 Å². The molecule has 3 N–H and O–H groups in total. The van der Waals surface area contributed by atoms with E-state index in [-0.39, 0.29) is 0 Å². The van der Waals surface area contributed by atoms with Gasteiger partial charge >= 0.3 is 0 Å². The van der Waals surface area contributed by atoms with Crippen molar-refractivity contribution < 1.29 is 9.57 Å². The van der Waals surface area contributed by atoms with Crippen LogP contribution in [0.1, 0.15) is 6.42 Å². The van der Waals surface area contributed by atoms with Gasteiger partial charge in [0.15, 0.2) is 0 Å². The minimum atomic E-state index is 0.562. The molecule has 0 aromatic rings. The van der Waals surface area contributed by atoms with E-state index in [1.807, 2.05) is 0 Å². The van der Waals surface area contributed by atoms with Crippen molar-refractivity contribution in [1.29, 1.82) is 0 Å². The van der Waals surface area contributed by atoms with Gasteiger partial charge in [0, 0.05) is 20.3 Å². The van der Waals surface area contributed by atoms with Gasteiger partial charge in [0.05, 0.1) is 6.61 Å². The zero-order valence-corrected chi connectivity index (χ0v) is 6.43. The fraction of sp³-hybridized carbons (Fsp3) is 1.00. The van der Waals surface area contributed by atoms with Crippen molar-refractivity contribution in [2.75, 3.05) is 33.4 Å². The van der Waals surface area contributed by atoms with E-state index >= 15 is 0 Å². The molecule has 0 aliphatic carbocycles. The normalized spacial score (nSPS) is 10.2. The Morgan fingerprint density at radius 2 is 2.10 bits per heavy atom. The zero-order chi connectivity index (χ0) is 7.66. The van der Waals surface area contributed by atoms with E-state index in [1.54, 1.807) is 7.11 Å². The van der Waals surface area contributed by atoms with Gasteiger partial charge in [-0.05, 0) is 13.0 Å². The van der Waals surface area contributed by atoms with E-state index in [4.69, 9.17) is 10.6 Å². The summed E-state index contributed by atoms with van der Waals surface area (Å²) in [6.07, 6.45) is 1.03. The minimum absolute atomic E-state index is 0.562. The van der Waals surface area contributed by atoms with Crippen LogP contribution < -0.4 is 11.2 Å². The summed E-state index contributed by atoms with van der Waals surface area (Å²) in [6, 6.07) is 0. The Balaban J connectivity index is 2.65. The highest BCUT2D eigenvalue weighted by atomic mass is 16.6. The average Bonchev–Trinajstić information content (AvgIpc) is 1.97. The first-order valence-electron chi connectivity index (χ1n) is 3.43. The summed E-state index contributed by atoms with van der Waals surface area (Å²) in [7, 11) is 1.70. The molecule has 0 radical (unpaired) electrons. The van der Waals surface area contributed by atoms with E-state index < -0.39 is 0 Å². The number of hydrogen-bond acceptors (Lipinski definition) is 4. The number of hydrogen-bond donors (Lipinski definition) is 2. The molecule has 0 heterocycles. The number of ether oxygens (including phenoxy) is 1. The molecule has 0 spiro atoms. The predicted octanol–water partition coefficient (Wildman–Crippen LogP) is -0.497. The van der Waals surface area contributed by atoms with Gasteiger partial charge in [-0.25, -0.2) is 5.90 Å². The molecule has 4 heteroatoms. The Morgan fingerprint density at radius 3 is 2.70 bits per heavy atom. The lowest BCUT2D eigenvalue weighted by Gasteiger charge is -2.01. The van der Waals surface area contributed by atoms with Crippen molar-refractivity contribution in [3.8, 4) is 0 Å². The first-order valence-corrected chi connectivity index (χ1v) is 3.43. The topological polar surface area (TPSA) is 56.5 Å². The maximum absolute atomic E-state index is 4.85. The predicted molar refractivity (Wildman–Crippen MR) is 39.5 cm³/mol. The van der Waals surface area contributed by atoms with Crippen molar-refractivity contribution in [3.63, 3.8) is 0 Å². The second-order valence-corrected chi connectivity index (χ2v) is 1.97. The van der Waals surface area contributed by atoms with Gasteiger partial charge < -0.3 is 14.9 Å². The Labute approximate surface area is 61.6 Å². The van der Waals surface area contributed by atoms with E-state index in [9.17, 15) is 0 Å². The highest BCUT2D eigenvalue weighted by Gasteiger charge is 1.85. The summed E-state index contributed by atoms with van der Waals surface area (Å²) in [5.74, 6) is 4.80. The largest absolute Gasteiger partial charge is 0.385 e. The zero-order valence-electron chi connectivity index (χ0n) is 6.43. The van der Waals surface area contributed by atoms with Gasteiger partial charge in [-0.1, -0.05) is 0 Å². The maximum Gasteiger partial charge on any atom is 0.0803 e. The monoisotopic (exact) mass is 148 g/mol. The molecule has 0 unspecified atom stereocenters. The van der Waals surface area contributed by atoms with Crippen LogP contribution in [0.3, 0.4) is 0 Å². The Morgan fingerprint density at radius 1 is 1.30 bits per heavy atom. The molecule has 0 atom stereocenters. The van der Waals surface area contributed by atoms with Crippen molar-refractivity contribution in [3.05, 3.63) is 0 Å². The van der Waals surface area contributed by atoms with Gasteiger partial charge in [-0.15, -0.1) is 0 Å². The molecule has 0 amide bonds. The van der Waals surface area contributed by atoms with E-state index in [2.05, 4.69) is 10.2 Å². The Bertz CT molecular complexity index is 53.7. The standard InChI is InChI=1S/C6H16N2O2/c1-9-5-2-3-8-4-6-10-7/h8H,2-7H2,1H3. The minimum Gasteiger partial charge on any atom is -0.385 e.